The monoisotopic (exact) mass is 272 g/mol. The maximum atomic E-state index is 11.9. The number of carbonyl (C=O) groups excluding carboxylic acids is 3. The largest absolute Gasteiger partial charge is 0.444 e. The number of nitrogens with two attached hydrogens (primary N) is 1. The smallest absolute Gasteiger partial charge is 0.408 e. The van der Waals surface area contributed by atoms with Gasteiger partial charge in [-0.2, -0.15) is 0 Å². The Bertz CT molecular complexity index is 345. The van der Waals surface area contributed by atoms with Crippen molar-refractivity contribution in [3.63, 3.8) is 0 Å². The summed E-state index contributed by atoms with van der Waals surface area (Å²) in [5.74, 6) is -0.896. The highest BCUT2D eigenvalue weighted by molar-refractivity contribution is 5.89. The molecule has 0 saturated carbocycles. The van der Waals surface area contributed by atoms with Crippen LogP contribution in [0.5, 0.6) is 0 Å². The molecule has 0 unspecified atom stereocenters. The number of hydrogen-bond donors (Lipinski definition) is 2. The van der Waals surface area contributed by atoms with Crippen molar-refractivity contribution in [2.75, 3.05) is 0 Å². The van der Waals surface area contributed by atoms with Crippen molar-refractivity contribution in [2.45, 2.75) is 59.1 Å². The summed E-state index contributed by atoms with van der Waals surface area (Å²) in [6.07, 6.45) is -0.444. The maximum absolute atomic E-state index is 11.9. The highest BCUT2D eigenvalue weighted by atomic mass is 16.6. The maximum Gasteiger partial charge on any atom is 0.408 e. The van der Waals surface area contributed by atoms with Gasteiger partial charge in [0.05, 0.1) is 6.04 Å². The first kappa shape index (κ1) is 17.4. The minimum atomic E-state index is -0.748. The zero-order valence-electron chi connectivity index (χ0n) is 12.3. The minimum Gasteiger partial charge on any atom is -0.444 e. The van der Waals surface area contributed by atoms with E-state index in [0.717, 1.165) is 0 Å². The van der Waals surface area contributed by atoms with Crippen LogP contribution in [0.4, 0.5) is 4.79 Å². The highest BCUT2D eigenvalue weighted by Crippen LogP contribution is 2.10. The third-order valence-electron chi connectivity index (χ3n) is 2.28. The summed E-state index contributed by atoms with van der Waals surface area (Å²) >= 11 is 0. The molecule has 0 aliphatic heterocycles. The van der Waals surface area contributed by atoms with Crippen LogP contribution in [0, 0.1) is 5.92 Å². The fourth-order valence-electron chi connectivity index (χ4n) is 1.42. The van der Waals surface area contributed by atoms with Crippen LogP contribution in [-0.4, -0.2) is 29.4 Å². The SMILES string of the molecule is CC(C)C(=O)[C@H](CCC(N)=O)NC(=O)OC(C)(C)C. The van der Waals surface area contributed by atoms with Crippen molar-refractivity contribution in [3.05, 3.63) is 0 Å². The van der Waals surface area contributed by atoms with Crippen LogP contribution in [0.15, 0.2) is 0 Å². The zero-order chi connectivity index (χ0) is 15.2. The fraction of sp³-hybridized carbons (Fsp3) is 0.769. The molecule has 0 aromatic rings. The molecule has 0 aromatic heterocycles. The molecule has 0 fully saturated rings. The molecule has 0 aliphatic rings. The molecule has 0 aromatic carbocycles. The Kier molecular flexibility index (Phi) is 6.52. The standard InChI is InChI=1S/C13H24N2O4/c1-8(2)11(17)9(6-7-10(14)16)15-12(18)19-13(3,4)5/h8-9H,6-7H2,1-5H3,(H2,14,16)(H,15,18)/t9-/m0/s1. The number of rotatable bonds is 6. The second kappa shape index (κ2) is 7.11. The molecule has 0 radical (unpaired) electrons. The van der Waals surface area contributed by atoms with Gasteiger partial charge in [-0.05, 0) is 27.2 Å². The van der Waals surface area contributed by atoms with Gasteiger partial charge >= 0.3 is 6.09 Å². The highest BCUT2D eigenvalue weighted by Gasteiger charge is 2.26. The van der Waals surface area contributed by atoms with Gasteiger partial charge in [0.15, 0.2) is 5.78 Å². The van der Waals surface area contributed by atoms with E-state index in [0.29, 0.717) is 0 Å². The number of ketones is 1. The number of carbonyl (C=O) groups is 3. The molecule has 0 heterocycles. The lowest BCUT2D eigenvalue weighted by Gasteiger charge is -2.23. The second-order valence-electron chi connectivity index (χ2n) is 5.76. The van der Waals surface area contributed by atoms with Crippen molar-refractivity contribution in [1.82, 2.24) is 5.32 Å². The lowest BCUT2D eigenvalue weighted by molar-refractivity contribution is -0.124. The molecule has 6 heteroatoms. The van der Waals surface area contributed by atoms with E-state index in [1.807, 2.05) is 0 Å². The second-order valence-corrected chi connectivity index (χ2v) is 5.76. The molecule has 0 spiro atoms. The first-order chi connectivity index (χ1) is 8.53. The van der Waals surface area contributed by atoms with E-state index >= 15 is 0 Å². The average molecular weight is 272 g/mol. The zero-order valence-corrected chi connectivity index (χ0v) is 12.3. The van der Waals surface area contributed by atoms with Gasteiger partial charge in [0.25, 0.3) is 0 Å². The van der Waals surface area contributed by atoms with Crippen molar-refractivity contribution < 1.29 is 19.1 Å². The average Bonchev–Trinajstić information content (AvgIpc) is 2.20. The molecule has 0 rings (SSSR count). The Balaban J connectivity index is 4.62. The van der Waals surface area contributed by atoms with Gasteiger partial charge in [0, 0.05) is 12.3 Å². The number of hydrogen-bond acceptors (Lipinski definition) is 4. The Morgan fingerprint density at radius 2 is 1.74 bits per heavy atom. The lowest BCUT2D eigenvalue weighted by Crippen LogP contribution is -2.45. The van der Waals surface area contributed by atoms with E-state index in [2.05, 4.69) is 5.32 Å². The van der Waals surface area contributed by atoms with E-state index in [1.54, 1.807) is 34.6 Å². The molecule has 19 heavy (non-hydrogen) atoms. The van der Waals surface area contributed by atoms with Gasteiger partial charge in [0.2, 0.25) is 5.91 Å². The van der Waals surface area contributed by atoms with E-state index in [9.17, 15) is 14.4 Å². The van der Waals surface area contributed by atoms with Crippen LogP contribution in [-0.2, 0) is 14.3 Å². The van der Waals surface area contributed by atoms with Crippen molar-refractivity contribution in [1.29, 1.82) is 0 Å². The van der Waals surface area contributed by atoms with Gasteiger partial charge in [-0.25, -0.2) is 4.79 Å². The Hall–Kier alpha value is -1.59. The molecular weight excluding hydrogens is 248 g/mol. The van der Waals surface area contributed by atoms with Crippen LogP contribution in [0.2, 0.25) is 0 Å². The molecule has 3 N–H and O–H groups in total. The molecule has 0 aliphatic carbocycles. The summed E-state index contributed by atoms with van der Waals surface area (Å²) in [6, 6.07) is -0.748. The van der Waals surface area contributed by atoms with Gasteiger partial charge in [0.1, 0.15) is 5.60 Å². The minimum absolute atomic E-state index is 0.0406. The van der Waals surface area contributed by atoms with Crippen LogP contribution in [0.3, 0.4) is 0 Å². The summed E-state index contributed by atoms with van der Waals surface area (Å²) in [7, 11) is 0. The van der Waals surface area contributed by atoms with Crippen LogP contribution < -0.4 is 11.1 Å². The molecule has 2 amide bonds. The molecular formula is C13H24N2O4. The van der Waals surface area contributed by atoms with Crippen LogP contribution in [0.1, 0.15) is 47.5 Å². The van der Waals surface area contributed by atoms with E-state index < -0.39 is 23.6 Å². The quantitative estimate of drug-likeness (QED) is 0.762. The molecule has 110 valence electrons. The molecule has 0 bridgehead atoms. The van der Waals surface area contributed by atoms with Crippen molar-refractivity contribution in [3.8, 4) is 0 Å². The third kappa shape index (κ3) is 8.18. The number of ether oxygens (including phenoxy) is 1. The van der Waals surface area contributed by atoms with Crippen LogP contribution >= 0.6 is 0 Å². The fourth-order valence-corrected chi connectivity index (χ4v) is 1.42. The topological polar surface area (TPSA) is 98.5 Å². The lowest BCUT2D eigenvalue weighted by atomic mass is 9.98. The Morgan fingerprint density at radius 3 is 2.11 bits per heavy atom. The van der Waals surface area contributed by atoms with Gasteiger partial charge in [-0.1, -0.05) is 13.8 Å². The van der Waals surface area contributed by atoms with Crippen molar-refractivity contribution in [2.24, 2.45) is 11.7 Å². The van der Waals surface area contributed by atoms with Crippen molar-refractivity contribution >= 4 is 17.8 Å². The predicted molar refractivity (Wildman–Crippen MR) is 71.4 cm³/mol. The third-order valence-corrected chi connectivity index (χ3v) is 2.28. The molecule has 6 nitrogen and oxygen atoms in total. The number of alkyl carbamates (subject to hydrolysis) is 1. The number of primary amides is 1. The van der Waals surface area contributed by atoms with E-state index in [-0.39, 0.29) is 24.5 Å². The number of nitrogens with one attached hydrogen (secondary N) is 1. The van der Waals surface area contributed by atoms with Gasteiger partial charge < -0.3 is 15.8 Å². The number of amides is 2. The normalized spacial score (nSPS) is 12.9. The summed E-state index contributed by atoms with van der Waals surface area (Å²) < 4.78 is 5.09. The molecule has 1 atom stereocenters. The first-order valence-corrected chi connectivity index (χ1v) is 6.34. The van der Waals surface area contributed by atoms with E-state index in [4.69, 9.17) is 10.5 Å². The van der Waals surface area contributed by atoms with Gasteiger partial charge in [-0.15, -0.1) is 0 Å². The predicted octanol–water partition coefficient (Wildman–Crippen LogP) is 1.37. The Morgan fingerprint density at radius 1 is 1.21 bits per heavy atom. The first-order valence-electron chi connectivity index (χ1n) is 6.34. The number of Topliss-reactive ketones (excluding diaryl/α,β-unsaturated/α-hetero) is 1. The Labute approximate surface area is 114 Å². The summed E-state index contributed by atoms with van der Waals surface area (Å²) in [5, 5.41) is 2.49. The summed E-state index contributed by atoms with van der Waals surface area (Å²) in [4.78, 5) is 34.4. The summed E-state index contributed by atoms with van der Waals surface area (Å²) in [6.45, 7) is 8.66. The molecule has 0 saturated heterocycles. The summed E-state index contributed by atoms with van der Waals surface area (Å²) in [5.41, 5.74) is 4.42. The van der Waals surface area contributed by atoms with Crippen LogP contribution in [0.25, 0.3) is 0 Å². The van der Waals surface area contributed by atoms with E-state index in [1.165, 1.54) is 0 Å². The van der Waals surface area contributed by atoms with Gasteiger partial charge in [-0.3, -0.25) is 9.59 Å².